The summed E-state index contributed by atoms with van der Waals surface area (Å²) in [5, 5.41) is 14.6. The van der Waals surface area contributed by atoms with Crippen molar-refractivity contribution < 1.29 is 0 Å². The average molecular weight is 663 g/mol. The fourth-order valence-electron chi connectivity index (χ4n) is 8.30. The normalized spacial score (nSPS) is 16.3. The van der Waals surface area contributed by atoms with Gasteiger partial charge in [0.05, 0.1) is 17.3 Å². The quantitative estimate of drug-likeness (QED) is 0.171. The first-order valence-corrected chi connectivity index (χ1v) is 18.2. The standard InChI is InChI=1S/C45H34N4S/c46-26-25-39(30-11-9-12-31(27-30)48-40-19-5-1-13-33(40)34-14-2-6-20-41(34)48)47-49-42-21-7-3-15-35(42)38-28-29(23-24-43(38)49)32-17-10-18-37-36-16-4-8-22-44(36)50-45(32)37/h1-11,13-22,25-28,31,46-47H,12,23-24H2/b39-25-,46-26?. The third-order valence-electron chi connectivity index (χ3n) is 10.5. The number of nitrogens with one attached hydrogen (secondary N) is 2. The largest absolute Gasteiger partial charge is 0.333 e. The SMILES string of the molecule is N=C/C=C(\Nn1c2c(c3ccccc31)C=C(c1cccc3c1sc1ccccc13)CC2)C1=CC(n2c3ccccc3c3ccccc32)CC=C1. The predicted molar refractivity (Wildman–Crippen MR) is 214 cm³/mol. The highest BCUT2D eigenvalue weighted by atomic mass is 32.1. The number of aromatic nitrogens is 2. The van der Waals surface area contributed by atoms with Crippen LogP contribution in [0.1, 0.15) is 35.7 Å². The molecule has 0 saturated carbocycles. The van der Waals surface area contributed by atoms with Gasteiger partial charge in [-0.2, -0.15) is 0 Å². The highest BCUT2D eigenvalue weighted by molar-refractivity contribution is 7.26. The Morgan fingerprint density at radius 2 is 1.40 bits per heavy atom. The highest BCUT2D eigenvalue weighted by Gasteiger charge is 2.24. The Hall–Kier alpha value is -5.91. The first kappa shape index (κ1) is 29.0. The van der Waals surface area contributed by atoms with Gasteiger partial charge >= 0.3 is 0 Å². The molecule has 0 saturated heterocycles. The molecule has 10 rings (SSSR count). The van der Waals surface area contributed by atoms with E-state index < -0.39 is 0 Å². The smallest absolute Gasteiger partial charge is 0.0705 e. The van der Waals surface area contributed by atoms with Gasteiger partial charge in [-0.1, -0.05) is 109 Å². The lowest BCUT2D eigenvalue weighted by Gasteiger charge is -2.24. The predicted octanol–water partition coefficient (Wildman–Crippen LogP) is 11.8. The summed E-state index contributed by atoms with van der Waals surface area (Å²) in [4.78, 5) is 0. The van der Waals surface area contributed by atoms with Crippen LogP contribution in [-0.2, 0) is 6.42 Å². The van der Waals surface area contributed by atoms with Crippen molar-refractivity contribution in [1.82, 2.24) is 9.24 Å². The Bertz CT molecular complexity index is 2740. The van der Waals surface area contributed by atoms with Crippen molar-refractivity contribution in [3.05, 3.63) is 168 Å². The molecule has 2 aliphatic carbocycles. The molecule has 0 fully saturated rings. The molecule has 0 radical (unpaired) electrons. The number of para-hydroxylation sites is 3. The van der Waals surface area contributed by atoms with Gasteiger partial charge < -0.3 is 9.98 Å². The summed E-state index contributed by atoms with van der Waals surface area (Å²) in [7, 11) is 0. The zero-order chi connectivity index (χ0) is 33.2. The fourth-order valence-corrected chi connectivity index (χ4v) is 9.55. The number of fused-ring (bicyclic) bond motifs is 9. The van der Waals surface area contributed by atoms with Gasteiger partial charge in [-0.25, -0.2) is 0 Å². The molecule has 1 atom stereocenters. The molecular weight excluding hydrogens is 629 g/mol. The van der Waals surface area contributed by atoms with Gasteiger partial charge in [0, 0.05) is 64.8 Å². The number of hydrogen-bond acceptors (Lipinski definition) is 3. The van der Waals surface area contributed by atoms with E-state index in [-0.39, 0.29) is 6.04 Å². The van der Waals surface area contributed by atoms with Gasteiger partial charge in [-0.3, -0.25) is 10.1 Å². The molecule has 3 heterocycles. The van der Waals surface area contributed by atoms with Crippen LogP contribution < -0.4 is 5.43 Å². The fraction of sp³-hybridized carbons (Fsp3) is 0.0889. The van der Waals surface area contributed by atoms with Crippen LogP contribution in [0.4, 0.5) is 0 Å². The zero-order valence-corrected chi connectivity index (χ0v) is 28.3. The number of allylic oxidation sites excluding steroid dienone is 5. The molecule has 2 N–H and O–H groups in total. The molecule has 5 aromatic carbocycles. The van der Waals surface area contributed by atoms with E-state index >= 15 is 0 Å². The molecular formula is C45H34N4S. The monoisotopic (exact) mass is 662 g/mol. The Labute approximate surface area is 294 Å². The molecule has 5 heteroatoms. The number of nitrogens with zero attached hydrogens (tertiary/aromatic N) is 2. The lowest BCUT2D eigenvalue weighted by molar-refractivity contribution is 0.643. The minimum Gasteiger partial charge on any atom is -0.333 e. The first-order valence-electron chi connectivity index (χ1n) is 17.3. The first-order chi connectivity index (χ1) is 24.8. The second-order valence-corrected chi connectivity index (χ2v) is 14.3. The van der Waals surface area contributed by atoms with E-state index in [1.54, 1.807) is 0 Å². The minimum absolute atomic E-state index is 0.146. The van der Waals surface area contributed by atoms with E-state index in [1.807, 2.05) is 17.4 Å². The second-order valence-electron chi connectivity index (χ2n) is 13.3. The van der Waals surface area contributed by atoms with Crippen LogP contribution in [0.5, 0.6) is 0 Å². The number of thiophene rings is 1. The van der Waals surface area contributed by atoms with E-state index in [1.165, 1.54) is 76.0 Å². The van der Waals surface area contributed by atoms with E-state index in [9.17, 15) is 0 Å². The number of hydrogen-bond donors (Lipinski definition) is 2. The summed E-state index contributed by atoms with van der Waals surface area (Å²) in [5.74, 6) is 0. The van der Waals surface area contributed by atoms with Crippen LogP contribution in [0.15, 0.2) is 151 Å². The summed E-state index contributed by atoms with van der Waals surface area (Å²) in [6.45, 7) is 0. The minimum atomic E-state index is 0.146. The van der Waals surface area contributed by atoms with Gasteiger partial charge in [0.1, 0.15) is 0 Å². The van der Waals surface area contributed by atoms with Crippen LogP contribution in [-0.4, -0.2) is 15.5 Å². The molecule has 1 unspecified atom stereocenters. The summed E-state index contributed by atoms with van der Waals surface area (Å²) in [6, 6.07) is 41.8. The molecule has 240 valence electrons. The van der Waals surface area contributed by atoms with Crippen molar-refractivity contribution in [2.45, 2.75) is 25.3 Å². The van der Waals surface area contributed by atoms with Gasteiger partial charge in [0.2, 0.25) is 0 Å². The van der Waals surface area contributed by atoms with E-state index in [0.717, 1.165) is 36.0 Å². The van der Waals surface area contributed by atoms with Gasteiger partial charge in [0.15, 0.2) is 0 Å². The molecule has 4 nitrogen and oxygen atoms in total. The van der Waals surface area contributed by atoms with Crippen molar-refractivity contribution in [2.75, 3.05) is 5.43 Å². The molecule has 0 bridgehead atoms. The van der Waals surface area contributed by atoms with Gasteiger partial charge in [0.25, 0.3) is 0 Å². The molecule has 0 spiro atoms. The molecule has 0 aliphatic heterocycles. The molecule has 50 heavy (non-hydrogen) atoms. The van der Waals surface area contributed by atoms with Crippen LogP contribution in [0.3, 0.4) is 0 Å². The topological polar surface area (TPSA) is 45.7 Å². The second kappa shape index (κ2) is 11.6. The van der Waals surface area contributed by atoms with Crippen molar-refractivity contribution in [3.63, 3.8) is 0 Å². The number of benzene rings is 5. The van der Waals surface area contributed by atoms with Crippen LogP contribution in [0.2, 0.25) is 0 Å². The summed E-state index contributed by atoms with van der Waals surface area (Å²) >= 11 is 1.90. The van der Waals surface area contributed by atoms with Gasteiger partial charge in [-0.15, -0.1) is 11.3 Å². The lowest BCUT2D eigenvalue weighted by Crippen LogP contribution is -2.20. The third kappa shape index (κ3) is 4.47. The van der Waals surface area contributed by atoms with E-state index in [2.05, 4.69) is 154 Å². The van der Waals surface area contributed by atoms with Crippen molar-refractivity contribution in [3.8, 4) is 0 Å². The van der Waals surface area contributed by atoms with Crippen LogP contribution >= 0.6 is 11.3 Å². The maximum Gasteiger partial charge on any atom is 0.0705 e. The van der Waals surface area contributed by atoms with Gasteiger partial charge in [-0.05, 0) is 72.4 Å². The molecule has 2 aliphatic rings. The Balaban J connectivity index is 1.06. The van der Waals surface area contributed by atoms with Crippen molar-refractivity contribution in [1.29, 1.82) is 5.41 Å². The summed E-state index contributed by atoms with van der Waals surface area (Å²) < 4.78 is 7.46. The summed E-state index contributed by atoms with van der Waals surface area (Å²) in [5.41, 5.74) is 14.7. The molecule has 0 amide bonds. The Kier molecular flexibility index (Phi) is 6.74. The van der Waals surface area contributed by atoms with Crippen molar-refractivity contribution in [2.24, 2.45) is 0 Å². The van der Waals surface area contributed by atoms with Crippen LogP contribution in [0, 0.1) is 5.41 Å². The third-order valence-corrected chi connectivity index (χ3v) is 11.7. The maximum atomic E-state index is 8.15. The zero-order valence-electron chi connectivity index (χ0n) is 27.4. The molecule has 8 aromatic rings. The number of rotatable bonds is 6. The summed E-state index contributed by atoms with van der Waals surface area (Å²) in [6.07, 6.45) is 15.3. The maximum absolute atomic E-state index is 8.15. The molecule has 3 aromatic heterocycles. The lowest BCUT2D eigenvalue weighted by atomic mass is 9.90. The average Bonchev–Trinajstić information content (AvgIpc) is 3.82. The van der Waals surface area contributed by atoms with Crippen LogP contribution in [0.25, 0.3) is 64.5 Å². The van der Waals surface area contributed by atoms with E-state index in [0.29, 0.717) is 0 Å². The Morgan fingerprint density at radius 1 is 0.720 bits per heavy atom. The van der Waals surface area contributed by atoms with Crippen molar-refractivity contribution >= 4 is 82.1 Å². The Morgan fingerprint density at radius 3 is 2.18 bits per heavy atom. The highest BCUT2D eigenvalue weighted by Crippen LogP contribution is 2.43. The van der Waals surface area contributed by atoms with E-state index in [4.69, 9.17) is 5.41 Å².